The van der Waals surface area contributed by atoms with Gasteiger partial charge in [0.1, 0.15) is 5.75 Å². The molecular formula is C31H19Cl2NO7. The van der Waals surface area contributed by atoms with Crippen molar-refractivity contribution in [1.82, 2.24) is 0 Å². The number of carbonyl (C=O) groups is 5. The van der Waals surface area contributed by atoms with E-state index >= 15 is 0 Å². The number of nitrogens with zero attached hydrogens (tertiary/aromatic N) is 1. The molecule has 0 aromatic heterocycles. The molecule has 8 nitrogen and oxygen atoms in total. The molecule has 0 aliphatic carbocycles. The molecule has 10 heteroatoms. The van der Waals surface area contributed by atoms with Crippen LogP contribution in [0.3, 0.4) is 0 Å². The third kappa shape index (κ3) is 5.61. The van der Waals surface area contributed by atoms with Crippen LogP contribution in [0.2, 0.25) is 10.0 Å². The van der Waals surface area contributed by atoms with Crippen molar-refractivity contribution in [3.05, 3.63) is 128 Å². The molecule has 41 heavy (non-hydrogen) atoms. The summed E-state index contributed by atoms with van der Waals surface area (Å²) in [6.07, 6.45) is 0. The average molecular weight is 588 g/mol. The number of hydrogen-bond acceptors (Lipinski definition) is 7. The number of ketones is 1. The minimum absolute atomic E-state index is 0.0115. The van der Waals surface area contributed by atoms with E-state index in [1.807, 2.05) is 6.92 Å². The zero-order valence-electron chi connectivity index (χ0n) is 21.4. The van der Waals surface area contributed by atoms with Gasteiger partial charge in [-0.25, -0.2) is 14.5 Å². The summed E-state index contributed by atoms with van der Waals surface area (Å²) in [5, 5.41) is 0.215. The van der Waals surface area contributed by atoms with Crippen LogP contribution in [0.5, 0.6) is 5.75 Å². The van der Waals surface area contributed by atoms with E-state index in [4.69, 9.17) is 32.7 Å². The van der Waals surface area contributed by atoms with E-state index in [1.165, 1.54) is 54.6 Å². The summed E-state index contributed by atoms with van der Waals surface area (Å²) in [6, 6.07) is 21.2. The predicted octanol–water partition coefficient (Wildman–Crippen LogP) is 6.36. The molecule has 4 aromatic carbocycles. The molecule has 1 aliphatic heterocycles. The summed E-state index contributed by atoms with van der Waals surface area (Å²) in [5.41, 5.74) is 1.81. The topological polar surface area (TPSA) is 107 Å². The fourth-order valence-corrected chi connectivity index (χ4v) is 4.49. The summed E-state index contributed by atoms with van der Waals surface area (Å²) in [7, 11) is 0. The first-order valence-corrected chi connectivity index (χ1v) is 13.0. The number of ether oxygens (including phenoxy) is 2. The average Bonchev–Trinajstić information content (AvgIpc) is 3.22. The molecule has 1 aliphatic rings. The number of esters is 2. The Morgan fingerprint density at radius 2 is 1.37 bits per heavy atom. The van der Waals surface area contributed by atoms with E-state index in [-0.39, 0.29) is 43.7 Å². The molecule has 0 unspecified atom stereocenters. The van der Waals surface area contributed by atoms with Crippen LogP contribution in [0.4, 0.5) is 5.69 Å². The van der Waals surface area contributed by atoms with Crippen molar-refractivity contribution >= 4 is 58.4 Å². The second-order valence-corrected chi connectivity index (χ2v) is 9.84. The highest BCUT2D eigenvalue weighted by molar-refractivity contribution is 6.46. The van der Waals surface area contributed by atoms with Gasteiger partial charge in [0.05, 0.1) is 38.0 Å². The van der Waals surface area contributed by atoms with E-state index in [0.29, 0.717) is 5.56 Å². The molecule has 0 bridgehead atoms. The number of rotatable bonds is 7. The molecule has 0 saturated heterocycles. The van der Waals surface area contributed by atoms with Crippen molar-refractivity contribution in [2.75, 3.05) is 11.5 Å². The summed E-state index contributed by atoms with van der Waals surface area (Å²) >= 11 is 12.2. The van der Waals surface area contributed by atoms with Crippen molar-refractivity contribution in [1.29, 1.82) is 0 Å². The minimum Gasteiger partial charge on any atom is -0.454 e. The molecule has 4 aromatic rings. The second-order valence-electron chi connectivity index (χ2n) is 9.06. The lowest BCUT2D eigenvalue weighted by molar-refractivity contribution is 0.0474. The van der Waals surface area contributed by atoms with Crippen LogP contribution in [0.15, 0.2) is 84.9 Å². The second kappa shape index (κ2) is 11.4. The first kappa shape index (κ1) is 27.8. The Bertz CT molecular complexity index is 1730. The Kier molecular flexibility index (Phi) is 7.70. The molecule has 0 radical (unpaired) electrons. The highest BCUT2D eigenvalue weighted by Crippen LogP contribution is 2.37. The van der Waals surface area contributed by atoms with Crippen molar-refractivity contribution < 1.29 is 33.4 Å². The zero-order valence-corrected chi connectivity index (χ0v) is 22.9. The van der Waals surface area contributed by atoms with Crippen LogP contribution in [0, 0.1) is 6.92 Å². The number of aryl methyl sites for hydroxylation is 1. The van der Waals surface area contributed by atoms with Gasteiger partial charge in [-0.1, -0.05) is 47.0 Å². The molecule has 0 fully saturated rings. The van der Waals surface area contributed by atoms with Gasteiger partial charge in [-0.2, -0.15) is 0 Å². The van der Waals surface area contributed by atoms with E-state index in [1.54, 1.807) is 30.3 Å². The maximum Gasteiger partial charge on any atom is 0.343 e. The number of carbonyl (C=O) groups excluding carboxylic acids is 5. The number of imide groups is 1. The van der Waals surface area contributed by atoms with Gasteiger partial charge in [-0.3, -0.25) is 14.4 Å². The summed E-state index contributed by atoms with van der Waals surface area (Å²) < 4.78 is 10.5. The van der Waals surface area contributed by atoms with Gasteiger partial charge in [0.2, 0.25) is 0 Å². The van der Waals surface area contributed by atoms with Crippen molar-refractivity contribution in [2.45, 2.75) is 6.92 Å². The first-order chi connectivity index (χ1) is 19.6. The zero-order chi connectivity index (χ0) is 29.3. The van der Waals surface area contributed by atoms with Crippen molar-refractivity contribution in [3.63, 3.8) is 0 Å². The Hall–Kier alpha value is -4.79. The maximum atomic E-state index is 13.1. The van der Waals surface area contributed by atoms with Gasteiger partial charge in [0.15, 0.2) is 12.4 Å². The lowest BCUT2D eigenvalue weighted by atomic mass is 10.1. The maximum absolute atomic E-state index is 13.1. The van der Waals surface area contributed by atoms with E-state index < -0.39 is 36.1 Å². The molecule has 0 N–H and O–H groups in total. The summed E-state index contributed by atoms with van der Waals surface area (Å²) in [4.78, 5) is 64.4. The minimum atomic E-state index is -0.857. The number of benzene rings is 4. The lowest BCUT2D eigenvalue weighted by Crippen LogP contribution is -2.29. The monoisotopic (exact) mass is 587 g/mol. The van der Waals surface area contributed by atoms with Crippen molar-refractivity contribution in [3.8, 4) is 5.75 Å². The molecule has 2 amide bonds. The molecule has 204 valence electrons. The fraction of sp³-hybridized carbons (Fsp3) is 0.0645. The van der Waals surface area contributed by atoms with E-state index in [0.717, 1.165) is 10.5 Å². The quantitative estimate of drug-likeness (QED) is 0.107. The number of Topliss-reactive ketones (excluding diaryl/α,β-unsaturated/α-hetero) is 1. The van der Waals surface area contributed by atoms with Crippen LogP contribution in [-0.2, 0) is 4.74 Å². The fourth-order valence-electron chi connectivity index (χ4n) is 4.11. The Labute approximate surface area is 244 Å². The summed E-state index contributed by atoms with van der Waals surface area (Å²) in [5.74, 6) is -2.94. The number of fused-ring (bicyclic) bond motifs is 1. The lowest BCUT2D eigenvalue weighted by Gasteiger charge is -2.15. The standard InChI is InChI=1S/C31H19Cl2NO7/c1-17-5-7-19(8-6-17)31(39)41-21-12-9-18(10-13-21)26(35)16-40-30(38)20-11-14-22-23(15-20)29(37)34(28(22)36)25-4-2-3-24(32)27(25)33/h2-15H,16H2,1H3. The van der Waals surface area contributed by atoms with Crippen molar-refractivity contribution in [2.24, 2.45) is 0 Å². The smallest absolute Gasteiger partial charge is 0.343 e. The van der Waals surface area contributed by atoms with Gasteiger partial charge >= 0.3 is 11.9 Å². The Morgan fingerprint density at radius 1 is 0.732 bits per heavy atom. The number of hydrogen-bond donors (Lipinski definition) is 0. The first-order valence-electron chi connectivity index (χ1n) is 12.2. The van der Waals surface area contributed by atoms with E-state index in [2.05, 4.69) is 0 Å². The molecule has 0 atom stereocenters. The molecule has 0 saturated carbocycles. The summed E-state index contributed by atoms with van der Waals surface area (Å²) in [6.45, 7) is 1.33. The largest absolute Gasteiger partial charge is 0.454 e. The number of anilines is 1. The predicted molar refractivity (Wildman–Crippen MR) is 151 cm³/mol. The van der Waals surface area contributed by atoms with Crippen LogP contribution < -0.4 is 9.64 Å². The Balaban J connectivity index is 1.22. The van der Waals surface area contributed by atoms with Crippen LogP contribution in [-0.4, -0.2) is 36.1 Å². The number of halogens is 2. The SMILES string of the molecule is Cc1ccc(C(=O)Oc2ccc(C(=O)COC(=O)c3ccc4c(c3)C(=O)N(c3cccc(Cl)c3Cl)C4=O)cc2)cc1. The van der Waals surface area contributed by atoms with Crippen LogP contribution >= 0.6 is 23.2 Å². The highest BCUT2D eigenvalue weighted by Gasteiger charge is 2.38. The molecule has 0 spiro atoms. The molecule has 1 heterocycles. The molecule has 5 rings (SSSR count). The Morgan fingerprint density at radius 3 is 2.07 bits per heavy atom. The molecular weight excluding hydrogens is 569 g/mol. The number of amides is 2. The van der Waals surface area contributed by atoms with Gasteiger partial charge < -0.3 is 9.47 Å². The van der Waals surface area contributed by atoms with Gasteiger partial charge in [-0.15, -0.1) is 0 Å². The van der Waals surface area contributed by atoms with E-state index in [9.17, 15) is 24.0 Å². The van der Waals surface area contributed by atoms with Gasteiger partial charge in [0, 0.05) is 5.56 Å². The third-order valence-electron chi connectivity index (χ3n) is 6.30. The highest BCUT2D eigenvalue weighted by atomic mass is 35.5. The van der Waals surface area contributed by atoms with Gasteiger partial charge in [-0.05, 0) is 73.7 Å². The third-order valence-corrected chi connectivity index (χ3v) is 7.11. The van der Waals surface area contributed by atoms with Crippen LogP contribution in [0.25, 0.3) is 0 Å². The van der Waals surface area contributed by atoms with Gasteiger partial charge in [0.25, 0.3) is 11.8 Å². The van der Waals surface area contributed by atoms with Crippen LogP contribution in [0.1, 0.15) is 57.4 Å². The normalized spacial score (nSPS) is 12.2.